The summed E-state index contributed by atoms with van der Waals surface area (Å²) in [4.78, 5) is 10.1. The Morgan fingerprint density at radius 1 is 1.26 bits per heavy atom. The van der Waals surface area contributed by atoms with Gasteiger partial charge < -0.3 is 10.6 Å². The first-order chi connectivity index (χ1) is 9.22. The lowest BCUT2D eigenvalue weighted by Gasteiger charge is -2.24. The van der Waals surface area contributed by atoms with Gasteiger partial charge in [0.25, 0.3) is 0 Å². The molecule has 0 fully saturated rings. The van der Waals surface area contributed by atoms with E-state index in [9.17, 15) is 4.39 Å². The molecule has 0 saturated carbocycles. The Labute approximate surface area is 112 Å². The molecule has 2 aromatic rings. The molecule has 0 atom stereocenters. The van der Waals surface area contributed by atoms with E-state index in [1.165, 1.54) is 12.4 Å². The number of aromatic nitrogens is 2. The van der Waals surface area contributed by atoms with Gasteiger partial charge in [0.05, 0.1) is 5.69 Å². The fourth-order valence-electron chi connectivity index (χ4n) is 1.87. The number of aryl methyl sites for hydroxylation is 1. The van der Waals surface area contributed by atoms with Gasteiger partial charge in [-0.1, -0.05) is 12.1 Å². The fourth-order valence-corrected chi connectivity index (χ4v) is 1.87. The average molecular weight is 260 g/mol. The maximum Gasteiger partial charge on any atom is 0.146 e. The van der Waals surface area contributed by atoms with Crippen molar-refractivity contribution in [2.75, 3.05) is 18.0 Å². The van der Waals surface area contributed by atoms with Crippen LogP contribution in [0.5, 0.6) is 0 Å². The number of para-hydroxylation sites is 1. The second kappa shape index (κ2) is 6.24. The van der Waals surface area contributed by atoms with Crippen LogP contribution in [0.25, 0.3) is 0 Å². The summed E-state index contributed by atoms with van der Waals surface area (Å²) < 4.78 is 13.9. The summed E-state index contributed by atoms with van der Waals surface area (Å²) in [6.07, 6.45) is 2.25. The smallest absolute Gasteiger partial charge is 0.146 e. The van der Waals surface area contributed by atoms with E-state index < -0.39 is 0 Å². The van der Waals surface area contributed by atoms with Gasteiger partial charge >= 0.3 is 0 Å². The van der Waals surface area contributed by atoms with Crippen molar-refractivity contribution in [2.45, 2.75) is 13.3 Å². The minimum Gasteiger partial charge on any atom is -0.330 e. The number of hydrogen-bond acceptors (Lipinski definition) is 4. The average Bonchev–Trinajstić information content (AvgIpc) is 2.41. The molecule has 0 bridgehead atoms. The second-order valence-corrected chi connectivity index (χ2v) is 4.26. The van der Waals surface area contributed by atoms with E-state index in [-0.39, 0.29) is 5.82 Å². The molecule has 1 aromatic carbocycles. The van der Waals surface area contributed by atoms with E-state index in [0.717, 1.165) is 12.1 Å². The third-order valence-corrected chi connectivity index (χ3v) is 2.80. The van der Waals surface area contributed by atoms with E-state index in [4.69, 9.17) is 5.73 Å². The molecule has 4 nitrogen and oxygen atoms in total. The van der Waals surface area contributed by atoms with Crippen molar-refractivity contribution < 1.29 is 4.39 Å². The van der Waals surface area contributed by atoms with Crippen LogP contribution < -0.4 is 10.6 Å². The second-order valence-electron chi connectivity index (χ2n) is 4.26. The molecule has 0 saturated heterocycles. The summed E-state index contributed by atoms with van der Waals surface area (Å²) >= 11 is 0. The van der Waals surface area contributed by atoms with Crippen molar-refractivity contribution in [1.29, 1.82) is 0 Å². The highest BCUT2D eigenvalue weighted by atomic mass is 19.1. The van der Waals surface area contributed by atoms with Crippen LogP contribution in [0.4, 0.5) is 15.9 Å². The van der Waals surface area contributed by atoms with E-state index in [2.05, 4.69) is 9.97 Å². The number of nitrogens with zero attached hydrogens (tertiary/aromatic N) is 3. The number of hydrogen-bond donors (Lipinski definition) is 1. The molecule has 0 aliphatic heterocycles. The van der Waals surface area contributed by atoms with E-state index in [1.54, 1.807) is 12.1 Å². The van der Waals surface area contributed by atoms with Crippen molar-refractivity contribution in [2.24, 2.45) is 5.73 Å². The zero-order chi connectivity index (χ0) is 13.7. The highest BCUT2D eigenvalue weighted by Crippen LogP contribution is 2.26. The zero-order valence-corrected chi connectivity index (χ0v) is 10.9. The number of halogens is 1. The van der Waals surface area contributed by atoms with Crippen molar-refractivity contribution in [1.82, 2.24) is 9.97 Å². The molecule has 0 aliphatic carbocycles. The molecule has 19 heavy (non-hydrogen) atoms. The first-order valence-electron chi connectivity index (χ1n) is 6.23. The Morgan fingerprint density at radius 3 is 2.74 bits per heavy atom. The lowest BCUT2D eigenvalue weighted by Crippen LogP contribution is -2.23. The van der Waals surface area contributed by atoms with Gasteiger partial charge in [-0.2, -0.15) is 0 Å². The maximum atomic E-state index is 13.9. The number of nitrogens with two attached hydrogens (primary N) is 1. The third kappa shape index (κ3) is 3.26. The van der Waals surface area contributed by atoms with Crippen LogP contribution in [0.3, 0.4) is 0 Å². The van der Waals surface area contributed by atoms with Gasteiger partial charge in [-0.05, 0) is 32.0 Å². The molecule has 100 valence electrons. The minimum atomic E-state index is -0.268. The molecule has 2 N–H and O–H groups in total. The summed E-state index contributed by atoms with van der Waals surface area (Å²) in [5.74, 6) is 0.418. The molecule has 0 unspecified atom stereocenters. The molecule has 0 radical (unpaired) electrons. The highest BCUT2D eigenvalue weighted by Gasteiger charge is 2.14. The largest absolute Gasteiger partial charge is 0.330 e. The molecular weight excluding hydrogens is 243 g/mol. The monoisotopic (exact) mass is 260 g/mol. The number of anilines is 2. The number of benzene rings is 1. The minimum absolute atomic E-state index is 0.268. The summed E-state index contributed by atoms with van der Waals surface area (Å²) in [5.41, 5.74) is 6.90. The van der Waals surface area contributed by atoms with Crippen LogP contribution in [-0.2, 0) is 0 Å². The molecule has 2 rings (SSSR count). The van der Waals surface area contributed by atoms with E-state index >= 15 is 0 Å². The van der Waals surface area contributed by atoms with Crippen LogP contribution in [0.15, 0.2) is 36.7 Å². The molecule has 5 heteroatoms. The quantitative estimate of drug-likeness (QED) is 0.897. The van der Waals surface area contributed by atoms with E-state index in [1.807, 2.05) is 24.0 Å². The van der Waals surface area contributed by atoms with Crippen molar-refractivity contribution in [3.8, 4) is 0 Å². The van der Waals surface area contributed by atoms with Gasteiger partial charge in [-0.25, -0.2) is 14.4 Å². The van der Waals surface area contributed by atoms with E-state index in [0.29, 0.717) is 24.6 Å². The van der Waals surface area contributed by atoms with Crippen LogP contribution in [0, 0.1) is 12.7 Å². The predicted molar refractivity (Wildman–Crippen MR) is 73.8 cm³/mol. The van der Waals surface area contributed by atoms with Crippen LogP contribution >= 0.6 is 0 Å². The Morgan fingerprint density at radius 2 is 2.05 bits per heavy atom. The molecule has 0 amide bonds. The van der Waals surface area contributed by atoms with Crippen molar-refractivity contribution in [3.05, 3.63) is 48.2 Å². The van der Waals surface area contributed by atoms with Gasteiger partial charge in [0.1, 0.15) is 18.0 Å². The highest BCUT2D eigenvalue weighted by molar-refractivity contribution is 5.60. The summed E-state index contributed by atoms with van der Waals surface area (Å²) in [6, 6.07) is 8.50. The summed E-state index contributed by atoms with van der Waals surface area (Å²) in [5, 5.41) is 0. The van der Waals surface area contributed by atoms with Gasteiger partial charge in [0.2, 0.25) is 0 Å². The Hall–Kier alpha value is -2.01. The zero-order valence-electron chi connectivity index (χ0n) is 10.9. The van der Waals surface area contributed by atoms with Gasteiger partial charge in [0.15, 0.2) is 0 Å². The van der Waals surface area contributed by atoms with Gasteiger partial charge in [0, 0.05) is 18.3 Å². The lowest BCUT2D eigenvalue weighted by atomic mass is 10.2. The first-order valence-corrected chi connectivity index (χ1v) is 6.23. The molecular formula is C14H17FN4. The van der Waals surface area contributed by atoms with Gasteiger partial charge in [-0.3, -0.25) is 0 Å². The van der Waals surface area contributed by atoms with Gasteiger partial charge in [-0.15, -0.1) is 0 Å². The molecule has 0 spiro atoms. The normalized spacial score (nSPS) is 10.5. The molecule has 0 aliphatic rings. The first kappa shape index (κ1) is 13.4. The molecule has 1 aromatic heterocycles. The van der Waals surface area contributed by atoms with Crippen LogP contribution in [0.1, 0.15) is 12.1 Å². The fraction of sp³-hybridized carbons (Fsp3) is 0.286. The maximum absolute atomic E-state index is 13.9. The lowest BCUT2D eigenvalue weighted by molar-refractivity contribution is 0.622. The van der Waals surface area contributed by atoms with Crippen LogP contribution in [-0.4, -0.2) is 23.1 Å². The number of rotatable bonds is 5. The Kier molecular flexibility index (Phi) is 4.41. The van der Waals surface area contributed by atoms with Crippen molar-refractivity contribution >= 4 is 11.5 Å². The Balaban J connectivity index is 2.38. The SMILES string of the molecule is Cc1cc(N(CCCN)c2ccccc2F)ncn1. The van der Waals surface area contributed by atoms with Crippen LogP contribution in [0.2, 0.25) is 0 Å². The predicted octanol–water partition coefficient (Wildman–Crippen LogP) is 2.41. The third-order valence-electron chi connectivity index (χ3n) is 2.80. The Bertz CT molecular complexity index is 544. The van der Waals surface area contributed by atoms with Crippen molar-refractivity contribution in [3.63, 3.8) is 0 Å². The summed E-state index contributed by atoms with van der Waals surface area (Å²) in [7, 11) is 0. The summed E-state index contributed by atoms with van der Waals surface area (Å²) in [6.45, 7) is 3.05. The topological polar surface area (TPSA) is 55.0 Å². The molecule has 1 heterocycles. The standard InChI is InChI=1S/C14H17FN4/c1-11-9-14(18-10-17-11)19(8-4-7-16)13-6-3-2-5-12(13)15/h2-3,5-6,9-10H,4,7-8,16H2,1H3.